The van der Waals surface area contributed by atoms with Crippen LogP contribution in [-0.4, -0.2) is 61.8 Å². The summed E-state index contributed by atoms with van der Waals surface area (Å²) in [4.78, 5) is 16.1. The van der Waals surface area contributed by atoms with Crippen molar-refractivity contribution in [3.8, 4) is 0 Å². The van der Waals surface area contributed by atoms with Crippen molar-refractivity contribution in [3.05, 3.63) is 34.9 Å². The maximum Gasteiger partial charge on any atom is 0.237 e. The number of hydrogen-bond donors (Lipinski definition) is 0. The summed E-state index contributed by atoms with van der Waals surface area (Å²) in [6.07, 6.45) is 0. The Morgan fingerprint density at radius 1 is 1.27 bits per heavy atom. The Balaban J connectivity index is 1.94. The molecule has 1 fully saturated rings. The van der Waals surface area contributed by atoms with Crippen LogP contribution < -0.4 is 0 Å². The molecule has 1 amide bonds. The van der Waals surface area contributed by atoms with Crippen LogP contribution in [0.3, 0.4) is 0 Å². The molecular formula is C15H21ClN2O3S. The van der Waals surface area contributed by atoms with E-state index in [2.05, 4.69) is 0 Å². The first-order valence-corrected chi connectivity index (χ1v) is 9.55. The van der Waals surface area contributed by atoms with E-state index in [0.717, 1.165) is 5.56 Å². The van der Waals surface area contributed by atoms with Gasteiger partial charge in [0.1, 0.15) is 0 Å². The highest BCUT2D eigenvalue weighted by molar-refractivity contribution is 7.91. The van der Waals surface area contributed by atoms with Crippen LogP contribution in [0.25, 0.3) is 0 Å². The Morgan fingerprint density at radius 3 is 2.50 bits per heavy atom. The molecule has 0 N–H and O–H groups in total. The van der Waals surface area contributed by atoms with Gasteiger partial charge in [-0.1, -0.05) is 29.8 Å². The molecule has 0 aromatic heterocycles. The van der Waals surface area contributed by atoms with Gasteiger partial charge >= 0.3 is 0 Å². The molecule has 0 saturated carbocycles. The molecular weight excluding hydrogens is 324 g/mol. The van der Waals surface area contributed by atoms with Crippen LogP contribution in [-0.2, 0) is 21.2 Å². The second kappa shape index (κ2) is 7.44. The number of amides is 1. The monoisotopic (exact) mass is 344 g/mol. The van der Waals surface area contributed by atoms with Gasteiger partial charge in [-0.2, -0.15) is 0 Å². The van der Waals surface area contributed by atoms with Crippen molar-refractivity contribution in [2.24, 2.45) is 0 Å². The lowest BCUT2D eigenvalue weighted by atomic mass is 10.2. The smallest absolute Gasteiger partial charge is 0.237 e. The van der Waals surface area contributed by atoms with Gasteiger partial charge in [0.2, 0.25) is 5.91 Å². The fourth-order valence-electron chi connectivity index (χ4n) is 2.41. The fourth-order valence-corrected chi connectivity index (χ4v) is 3.88. The van der Waals surface area contributed by atoms with Crippen LogP contribution >= 0.6 is 11.6 Å². The van der Waals surface area contributed by atoms with E-state index in [1.165, 1.54) is 0 Å². The number of likely N-dealkylation sites (N-methyl/N-ethyl adjacent to an activating group) is 1. The second-order valence-corrected chi connectivity index (χ2v) is 8.14. The van der Waals surface area contributed by atoms with Gasteiger partial charge in [-0.3, -0.25) is 9.69 Å². The van der Waals surface area contributed by atoms with E-state index in [4.69, 9.17) is 11.6 Å². The zero-order valence-corrected chi connectivity index (χ0v) is 14.2. The minimum atomic E-state index is -2.92. The number of hydrogen-bond acceptors (Lipinski definition) is 4. The highest BCUT2D eigenvalue weighted by atomic mass is 35.5. The molecule has 0 aliphatic carbocycles. The van der Waals surface area contributed by atoms with E-state index < -0.39 is 9.84 Å². The van der Waals surface area contributed by atoms with Gasteiger partial charge in [-0.15, -0.1) is 0 Å². The van der Waals surface area contributed by atoms with Gasteiger partial charge in [-0.05, 0) is 18.6 Å². The topological polar surface area (TPSA) is 57.7 Å². The predicted molar refractivity (Wildman–Crippen MR) is 87.6 cm³/mol. The summed E-state index contributed by atoms with van der Waals surface area (Å²) in [5, 5.41) is 0.651. The summed E-state index contributed by atoms with van der Waals surface area (Å²) in [5.74, 6) is 0.273. The lowest BCUT2D eigenvalue weighted by Gasteiger charge is -2.29. The van der Waals surface area contributed by atoms with Crippen molar-refractivity contribution in [1.82, 2.24) is 9.80 Å². The summed E-state index contributed by atoms with van der Waals surface area (Å²) >= 11 is 6.14. The van der Waals surface area contributed by atoms with Crippen LogP contribution in [0, 0.1) is 0 Å². The third kappa shape index (κ3) is 4.69. The Hall–Kier alpha value is -1.11. The summed E-state index contributed by atoms with van der Waals surface area (Å²) in [6.45, 7) is 4.11. The number of rotatable bonds is 5. The minimum absolute atomic E-state index is 0.00159. The third-order valence-electron chi connectivity index (χ3n) is 3.85. The molecule has 0 spiro atoms. The number of halogens is 1. The number of carbonyl (C=O) groups is 1. The van der Waals surface area contributed by atoms with E-state index in [1.54, 1.807) is 4.90 Å². The van der Waals surface area contributed by atoms with Crippen molar-refractivity contribution in [2.45, 2.75) is 13.5 Å². The van der Waals surface area contributed by atoms with E-state index in [0.29, 0.717) is 31.2 Å². The largest absolute Gasteiger partial charge is 0.337 e. The van der Waals surface area contributed by atoms with Crippen LogP contribution in [0.4, 0.5) is 0 Å². The molecule has 1 aliphatic heterocycles. The summed E-state index contributed by atoms with van der Waals surface area (Å²) in [5.41, 5.74) is 0.917. The van der Waals surface area contributed by atoms with Crippen LogP contribution in [0.1, 0.15) is 12.5 Å². The molecule has 1 aromatic rings. The quantitative estimate of drug-likeness (QED) is 0.810. The molecule has 1 saturated heterocycles. The summed E-state index contributed by atoms with van der Waals surface area (Å²) < 4.78 is 22.8. The van der Waals surface area contributed by atoms with Gasteiger partial charge in [0.05, 0.1) is 18.1 Å². The first-order chi connectivity index (χ1) is 10.4. The SMILES string of the molecule is CCN(Cc1ccccc1Cl)C(=O)CN1CCS(=O)(=O)CC1. The lowest BCUT2D eigenvalue weighted by Crippen LogP contribution is -2.46. The molecule has 1 heterocycles. The van der Waals surface area contributed by atoms with E-state index in [9.17, 15) is 13.2 Å². The van der Waals surface area contributed by atoms with Crippen molar-refractivity contribution in [2.75, 3.05) is 37.7 Å². The van der Waals surface area contributed by atoms with Crippen molar-refractivity contribution >= 4 is 27.3 Å². The average molecular weight is 345 g/mol. The molecule has 1 aliphatic rings. The third-order valence-corrected chi connectivity index (χ3v) is 5.83. The molecule has 0 unspecified atom stereocenters. The molecule has 0 radical (unpaired) electrons. The standard InChI is InChI=1S/C15H21ClN2O3S/c1-2-18(11-13-5-3-4-6-14(13)16)15(19)12-17-7-9-22(20,21)10-8-17/h3-6H,2,7-12H2,1H3. The number of carbonyl (C=O) groups excluding carboxylic acids is 1. The molecule has 22 heavy (non-hydrogen) atoms. The van der Waals surface area contributed by atoms with E-state index in [-0.39, 0.29) is 24.0 Å². The molecule has 1 aromatic carbocycles. The lowest BCUT2D eigenvalue weighted by molar-refractivity contribution is -0.132. The zero-order chi connectivity index (χ0) is 16.2. The predicted octanol–water partition coefficient (Wildman–Crippen LogP) is 1.42. The van der Waals surface area contributed by atoms with Gasteiger partial charge < -0.3 is 4.90 Å². The molecule has 5 nitrogen and oxygen atoms in total. The van der Waals surface area contributed by atoms with Crippen LogP contribution in [0.5, 0.6) is 0 Å². The normalized spacial score (nSPS) is 18.1. The number of benzene rings is 1. The van der Waals surface area contributed by atoms with E-state index >= 15 is 0 Å². The Kier molecular flexibility index (Phi) is 5.83. The summed E-state index contributed by atoms with van der Waals surface area (Å²) in [7, 11) is -2.92. The second-order valence-electron chi connectivity index (χ2n) is 5.43. The highest BCUT2D eigenvalue weighted by Gasteiger charge is 2.24. The van der Waals surface area contributed by atoms with Crippen molar-refractivity contribution in [3.63, 3.8) is 0 Å². The van der Waals surface area contributed by atoms with Crippen LogP contribution in [0.15, 0.2) is 24.3 Å². The zero-order valence-electron chi connectivity index (χ0n) is 12.7. The fraction of sp³-hybridized carbons (Fsp3) is 0.533. The maximum absolute atomic E-state index is 12.4. The maximum atomic E-state index is 12.4. The van der Waals surface area contributed by atoms with Gasteiger partial charge in [-0.25, -0.2) is 8.42 Å². The Morgan fingerprint density at radius 2 is 1.91 bits per heavy atom. The number of nitrogens with zero attached hydrogens (tertiary/aromatic N) is 2. The average Bonchev–Trinajstić information content (AvgIpc) is 2.48. The number of sulfone groups is 1. The first kappa shape index (κ1) is 17.2. The highest BCUT2D eigenvalue weighted by Crippen LogP contribution is 2.17. The molecule has 0 bridgehead atoms. The van der Waals surface area contributed by atoms with E-state index in [1.807, 2.05) is 36.1 Å². The van der Waals surface area contributed by atoms with Gasteiger partial charge in [0, 0.05) is 31.2 Å². The Bertz CT molecular complexity index is 619. The molecule has 2 rings (SSSR count). The first-order valence-electron chi connectivity index (χ1n) is 7.35. The molecule has 122 valence electrons. The van der Waals surface area contributed by atoms with Gasteiger partial charge in [0.25, 0.3) is 0 Å². The minimum Gasteiger partial charge on any atom is -0.337 e. The van der Waals surface area contributed by atoms with Gasteiger partial charge in [0.15, 0.2) is 9.84 Å². The Labute approximate surface area is 136 Å². The summed E-state index contributed by atoms with van der Waals surface area (Å²) in [6, 6.07) is 7.48. The molecule has 0 atom stereocenters. The van der Waals surface area contributed by atoms with Crippen LogP contribution in [0.2, 0.25) is 5.02 Å². The van der Waals surface area contributed by atoms with Crippen molar-refractivity contribution < 1.29 is 13.2 Å². The molecule has 7 heteroatoms. The van der Waals surface area contributed by atoms with Crippen molar-refractivity contribution in [1.29, 1.82) is 0 Å².